The van der Waals surface area contributed by atoms with Crippen molar-refractivity contribution in [1.29, 1.82) is 0 Å². The highest BCUT2D eigenvalue weighted by Gasteiger charge is 2.30. The average Bonchev–Trinajstić information content (AvgIpc) is 2.45. The predicted octanol–water partition coefficient (Wildman–Crippen LogP) is 5.57. The molecule has 0 atom stereocenters. The maximum absolute atomic E-state index is 6.58. The second kappa shape index (κ2) is 9.70. The molecule has 0 saturated carbocycles. The first-order chi connectivity index (χ1) is 9.60. The van der Waals surface area contributed by atoms with Crippen molar-refractivity contribution in [2.75, 3.05) is 6.61 Å². The molecule has 0 spiro atoms. The van der Waals surface area contributed by atoms with Gasteiger partial charge in [0.15, 0.2) is 0 Å². The SMILES string of the molecule is CCCCCC[Si](Cl)(Cl)c1ccc(OCCCC)cc1. The van der Waals surface area contributed by atoms with E-state index in [0.29, 0.717) is 0 Å². The Morgan fingerprint density at radius 3 is 2.15 bits per heavy atom. The first-order valence-electron chi connectivity index (χ1n) is 7.71. The Hall–Kier alpha value is -0.183. The van der Waals surface area contributed by atoms with Gasteiger partial charge in [-0.15, -0.1) is 22.2 Å². The van der Waals surface area contributed by atoms with E-state index in [0.717, 1.165) is 42.8 Å². The lowest BCUT2D eigenvalue weighted by molar-refractivity contribution is 0.309. The number of unbranched alkanes of at least 4 members (excludes halogenated alkanes) is 4. The molecule has 0 N–H and O–H groups in total. The van der Waals surface area contributed by atoms with Gasteiger partial charge in [0.2, 0.25) is 0 Å². The second-order valence-corrected chi connectivity index (χ2v) is 12.2. The van der Waals surface area contributed by atoms with Crippen molar-refractivity contribution in [1.82, 2.24) is 0 Å². The van der Waals surface area contributed by atoms with Crippen molar-refractivity contribution in [3.8, 4) is 5.75 Å². The van der Waals surface area contributed by atoms with Gasteiger partial charge < -0.3 is 4.74 Å². The number of hydrogen-bond acceptors (Lipinski definition) is 1. The van der Waals surface area contributed by atoms with Crippen LogP contribution < -0.4 is 9.92 Å². The molecule has 1 nitrogen and oxygen atoms in total. The fourth-order valence-electron chi connectivity index (χ4n) is 2.05. The molecule has 114 valence electrons. The summed E-state index contributed by atoms with van der Waals surface area (Å²) in [5.74, 6) is 0.909. The standard InChI is InChI=1S/C16H26Cl2OSi/c1-3-5-7-8-14-20(17,18)16-11-9-15(10-12-16)19-13-6-4-2/h9-12H,3-8,13-14H2,1-2H3. The highest BCUT2D eigenvalue weighted by molar-refractivity contribution is 7.50. The van der Waals surface area contributed by atoms with E-state index >= 15 is 0 Å². The van der Waals surface area contributed by atoms with Gasteiger partial charge in [-0.1, -0.05) is 58.1 Å². The molecule has 0 saturated heterocycles. The molecule has 20 heavy (non-hydrogen) atoms. The second-order valence-electron chi connectivity index (χ2n) is 5.24. The van der Waals surface area contributed by atoms with Crippen molar-refractivity contribution in [2.24, 2.45) is 0 Å². The summed E-state index contributed by atoms with van der Waals surface area (Å²) in [5.41, 5.74) is 0. The van der Waals surface area contributed by atoms with Crippen molar-refractivity contribution >= 4 is 34.0 Å². The Bertz CT molecular complexity index is 365. The lowest BCUT2D eigenvalue weighted by Gasteiger charge is -2.17. The van der Waals surface area contributed by atoms with E-state index in [9.17, 15) is 0 Å². The molecule has 0 unspecified atom stereocenters. The lowest BCUT2D eigenvalue weighted by atomic mass is 10.2. The Morgan fingerprint density at radius 1 is 0.900 bits per heavy atom. The van der Waals surface area contributed by atoms with Gasteiger partial charge in [-0.3, -0.25) is 0 Å². The average molecular weight is 333 g/mol. The third kappa shape index (κ3) is 6.51. The quantitative estimate of drug-likeness (QED) is 0.309. The zero-order valence-corrected chi connectivity index (χ0v) is 15.1. The molecule has 1 aromatic carbocycles. The summed E-state index contributed by atoms with van der Waals surface area (Å²) >= 11 is 13.2. The Kier molecular flexibility index (Phi) is 8.66. The minimum atomic E-state index is -2.30. The fourth-order valence-corrected chi connectivity index (χ4v) is 5.24. The number of hydrogen-bond donors (Lipinski definition) is 0. The van der Waals surface area contributed by atoms with Crippen molar-refractivity contribution < 1.29 is 4.74 Å². The molecule has 0 aliphatic carbocycles. The zero-order valence-electron chi connectivity index (χ0n) is 12.6. The van der Waals surface area contributed by atoms with Crippen LogP contribution in [-0.4, -0.2) is 13.3 Å². The third-order valence-corrected chi connectivity index (χ3v) is 7.99. The third-order valence-electron chi connectivity index (χ3n) is 3.39. The van der Waals surface area contributed by atoms with E-state index in [-0.39, 0.29) is 0 Å². The summed E-state index contributed by atoms with van der Waals surface area (Å²) in [6.45, 7) is 2.84. The molecule has 4 heteroatoms. The topological polar surface area (TPSA) is 9.23 Å². The van der Waals surface area contributed by atoms with E-state index in [1.54, 1.807) is 0 Å². The van der Waals surface area contributed by atoms with Crippen LogP contribution in [0.3, 0.4) is 0 Å². The van der Waals surface area contributed by atoms with Gasteiger partial charge in [0.25, 0.3) is 6.69 Å². The molecule has 0 aromatic heterocycles. The number of benzene rings is 1. The smallest absolute Gasteiger partial charge is 0.280 e. The van der Waals surface area contributed by atoms with Gasteiger partial charge in [0.05, 0.1) is 6.61 Å². The van der Waals surface area contributed by atoms with E-state index in [2.05, 4.69) is 13.8 Å². The van der Waals surface area contributed by atoms with Gasteiger partial charge in [0.1, 0.15) is 5.75 Å². The zero-order chi connectivity index (χ0) is 14.8. The summed E-state index contributed by atoms with van der Waals surface area (Å²) in [4.78, 5) is 0. The molecular formula is C16H26Cl2OSi. The van der Waals surface area contributed by atoms with Crippen LogP contribution in [0.25, 0.3) is 0 Å². The Balaban J connectivity index is 2.48. The summed E-state index contributed by atoms with van der Waals surface area (Å²) in [7, 11) is 0. The normalized spacial score (nSPS) is 11.6. The van der Waals surface area contributed by atoms with Crippen LogP contribution in [0.5, 0.6) is 5.75 Å². The lowest BCUT2D eigenvalue weighted by Crippen LogP contribution is -2.36. The predicted molar refractivity (Wildman–Crippen MR) is 92.9 cm³/mol. The molecule has 0 heterocycles. The number of halogens is 2. The van der Waals surface area contributed by atoms with Crippen LogP contribution in [0.4, 0.5) is 0 Å². The number of rotatable bonds is 10. The molecule has 0 aliphatic heterocycles. The largest absolute Gasteiger partial charge is 0.494 e. The monoisotopic (exact) mass is 332 g/mol. The van der Waals surface area contributed by atoms with Crippen LogP contribution in [0, 0.1) is 0 Å². The first-order valence-corrected chi connectivity index (χ1v) is 11.9. The number of ether oxygens (including phenoxy) is 1. The van der Waals surface area contributed by atoms with Crippen LogP contribution in [0.15, 0.2) is 24.3 Å². The van der Waals surface area contributed by atoms with Crippen LogP contribution >= 0.6 is 22.2 Å². The van der Waals surface area contributed by atoms with E-state index in [1.807, 2.05) is 24.3 Å². The highest BCUT2D eigenvalue weighted by atomic mass is 35.7. The summed E-state index contributed by atoms with van der Waals surface area (Å²) in [6.07, 6.45) is 7.09. The van der Waals surface area contributed by atoms with Gasteiger partial charge in [-0.05, 0) is 29.8 Å². The van der Waals surface area contributed by atoms with E-state index in [4.69, 9.17) is 26.9 Å². The summed E-state index contributed by atoms with van der Waals surface area (Å²) < 4.78 is 5.66. The molecule has 0 amide bonds. The van der Waals surface area contributed by atoms with Gasteiger partial charge in [-0.2, -0.15) is 0 Å². The molecule has 0 radical (unpaired) electrons. The molecule has 0 aliphatic rings. The summed E-state index contributed by atoms with van der Waals surface area (Å²) in [6, 6.07) is 8.99. The Morgan fingerprint density at radius 2 is 1.55 bits per heavy atom. The van der Waals surface area contributed by atoms with Crippen molar-refractivity contribution in [2.45, 2.75) is 58.4 Å². The Labute approximate surface area is 134 Å². The van der Waals surface area contributed by atoms with E-state index in [1.165, 1.54) is 19.3 Å². The van der Waals surface area contributed by atoms with E-state index < -0.39 is 6.69 Å². The molecule has 0 fully saturated rings. The van der Waals surface area contributed by atoms with Gasteiger partial charge in [0, 0.05) is 0 Å². The first kappa shape index (κ1) is 17.9. The molecule has 1 rings (SSSR count). The molecular weight excluding hydrogens is 307 g/mol. The summed E-state index contributed by atoms with van der Waals surface area (Å²) in [5, 5.41) is 1.10. The highest BCUT2D eigenvalue weighted by Crippen LogP contribution is 2.24. The van der Waals surface area contributed by atoms with Crippen LogP contribution in [0.1, 0.15) is 52.4 Å². The molecule has 1 aromatic rings. The van der Waals surface area contributed by atoms with Gasteiger partial charge in [-0.25, -0.2) is 0 Å². The van der Waals surface area contributed by atoms with Crippen LogP contribution in [-0.2, 0) is 0 Å². The minimum Gasteiger partial charge on any atom is -0.494 e. The van der Waals surface area contributed by atoms with Gasteiger partial charge >= 0.3 is 0 Å². The minimum absolute atomic E-state index is 0.775. The van der Waals surface area contributed by atoms with Crippen molar-refractivity contribution in [3.63, 3.8) is 0 Å². The fraction of sp³-hybridized carbons (Fsp3) is 0.625. The maximum Gasteiger partial charge on any atom is 0.280 e. The van der Waals surface area contributed by atoms with Crippen molar-refractivity contribution in [3.05, 3.63) is 24.3 Å². The molecule has 0 bridgehead atoms. The maximum atomic E-state index is 6.58. The van der Waals surface area contributed by atoms with Crippen LogP contribution in [0.2, 0.25) is 6.04 Å².